The quantitative estimate of drug-likeness (QED) is 0.530. The van der Waals surface area contributed by atoms with Crippen LogP contribution in [0.1, 0.15) is 43.9 Å². The van der Waals surface area contributed by atoms with Crippen LogP contribution in [0.15, 0.2) is 52.0 Å². The average molecular weight is 462 g/mol. The molecule has 0 spiro atoms. The Balaban J connectivity index is 1.39. The fourth-order valence-corrected chi connectivity index (χ4v) is 4.91. The number of carbonyl (C=O) groups excluding carboxylic acids is 2. The molecule has 3 N–H and O–H groups in total. The van der Waals surface area contributed by atoms with Crippen LogP contribution < -0.4 is 15.4 Å². The maximum absolute atomic E-state index is 12.6. The van der Waals surface area contributed by atoms with Gasteiger partial charge in [-0.05, 0) is 69.7 Å². The molecule has 1 aliphatic carbocycles. The van der Waals surface area contributed by atoms with Crippen LogP contribution in [-0.4, -0.2) is 32.8 Å². The fourth-order valence-electron chi connectivity index (χ4n) is 3.79. The molecule has 0 aliphatic heterocycles. The molecule has 0 saturated heterocycles. The predicted octanol–water partition coefficient (Wildman–Crippen LogP) is 2.49. The van der Waals surface area contributed by atoms with Gasteiger partial charge in [0.25, 0.3) is 0 Å². The highest BCUT2D eigenvalue weighted by Crippen LogP contribution is 2.29. The number of rotatable bonds is 9. The van der Waals surface area contributed by atoms with Crippen LogP contribution in [0.5, 0.6) is 0 Å². The lowest BCUT2D eigenvalue weighted by Gasteiger charge is -2.28. The van der Waals surface area contributed by atoms with E-state index in [-0.39, 0.29) is 35.1 Å². The molecule has 8 nitrogen and oxygen atoms in total. The zero-order valence-corrected chi connectivity index (χ0v) is 19.3. The molecule has 1 fully saturated rings. The molecular formula is C23H31N3O5S. The minimum atomic E-state index is -3.53. The van der Waals surface area contributed by atoms with Gasteiger partial charge in [-0.2, -0.15) is 0 Å². The van der Waals surface area contributed by atoms with Gasteiger partial charge >= 0.3 is 0 Å². The van der Waals surface area contributed by atoms with Gasteiger partial charge in [-0.1, -0.05) is 17.7 Å². The van der Waals surface area contributed by atoms with Crippen molar-refractivity contribution in [2.24, 2.45) is 11.8 Å². The summed E-state index contributed by atoms with van der Waals surface area (Å²) in [5.41, 5.74) is 1.00. The Morgan fingerprint density at radius 1 is 1.09 bits per heavy atom. The first-order valence-corrected chi connectivity index (χ1v) is 12.4. The second-order valence-corrected chi connectivity index (χ2v) is 10.2. The highest BCUT2D eigenvalue weighted by atomic mass is 32.2. The lowest BCUT2D eigenvalue weighted by atomic mass is 9.81. The van der Waals surface area contributed by atoms with E-state index in [1.54, 1.807) is 43.3 Å². The van der Waals surface area contributed by atoms with Crippen molar-refractivity contribution >= 4 is 21.8 Å². The molecule has 3 rings (SSSR count). The Kier molecular flexibility index (Phi) is 8.09. The fraction of sp³-hybridized carbons (Fsp3) is 0.478. The van der Waals surface area contributed by atoms with Crippen molar-refractivity contribution in [3.8, 4) is 0 Å². The van der Waals surface area contributed by atoms with E-state index in [4.69, 9.17) is 4.42 Å². The SMILES string of the molecule is Cc1ccc(S(=O)(=O)NCC2CCC(C(=O)NC(C)C(=O)NCc3ccco3)CC2)cc1. The summed E-state index contributed by atoms with van der Waals surface area (Å²) in [6.45, 7) is 4.19. The molecule has 2 aromatic rings. The van der Waals surface area contributed by atoms with E-state index < -0.39 is 16.1 Å². The summed E-state index contributed by atoms with van der Waals surface area (Å²) >= 11 is 0. The standard InChI is InChI=1S/C23H31N3O5S/c1-16-5-11-21(12-6-16)32(29,30)25-14-18-7-9-19(10-8-18)23(28)26-17(2)22(27)24-15-20-4-3-13-31-20/h3-6,11-13,17-19,25H,7-10,14-15H2,1-2H3,(H,24,27)(H,26,28). The van der Waals surface area contributed by atoms with Crippen LogP contribution in [-0.2, 0) is 26.2 Å². The van der Waals surface area contributed by atoms with Crippen LogP contribution in [0.25, 0.3) is 0 Å². The van der Waals surface area contributed by atoms with Gasteiger partial charge in [-0.25, -0.2) is 13.1 Å². The van der Waals surface area contributed by atoms with Gasteiger partial charge in [0.05, 0.1) is 17.7 Å². The second-order valence-electron chi connectivity index (χ2n) is 8.41. The summed E-state index contributed by atoms with van der Waals surface area (Å²) in [4.78, 5) is 25.0. The lowest BCUT2D eigenvalue weighted by molar-refractivity contribution is -0.131. The maximum atomic E-state index is 12.6. The van der Waals surface area contributed by atoms with Crippen molar-refractivity contribution in [1.29, 1.82) is 0 Å². The minimum absolute atomic E-state index is 0.135. The zero-order chi connectivity index (χ0) is 23.1. The number of hydrogen-bond acceptors (Lipinski definition) is 5. The molecule has 1 aromatic carbocycles. The van der Waals surface area contributed by atoms with Crippen molar-refractivity contribution in [2.45, 2.75) is 57.0 Å². The average Bonchev–Trinajstić information content (AvgIpc) is 3.30. The third kappa shape index (κ3) is 6.67. The van der Waals surface area contributed by atoms with Crippen molar-refractivity contribution in [1.82, 2.24) is 15.4 Å². The summed E-state index contributed by atoms with van der Waals surface area (Å²) < 4.78 is 32.8. The molecule has 1 aliphatic rings. The molecule has 1 heterocycles. The van der Waals surface area contributed by atoms with E-state index in [2.05, 4.69) is 15.4 Å². The number of benzene rings is 1. The number of nitrogens with one attached hydrogen (secondary N) is 3. The van der Waals surface area contributed by atoms with Gasteiger partial charge in [0.1, 0.15) is 11.8 Å². The van der Waals surface area contributed by atoms with Gasteiger partial charge in [-0.15, -0.1) is 0 Å². The van der Waals surface area contributed by atoms with Gasteiger partial charge < -0.3 is 15.1 Å². The topological polar surface area (TPSA) is 118 Å². The van der Waals surface area contributed by atoms with E-state index in [1.165, 1.54) is 6.26 Å². The predicted molar refractivity (Wildman–Crippen MR) is 120 cm³/mol. The molecule has 0 radical (unpaired) electrons. The first-order chi connectivity index (χ1) is 15.2. The lowest BCUT2D eigenvalue weighted by Crippen LogP contribution is -2.47. The monoisotopic (exact) mass is 461 g/mol. The smallest absolute Gasteiger partial charge is 0.242 e. The number of amides is 2. The third-order valence-electron chi connectivity index (χ3n) is 5.88. The highest BCUT2D eigenvalue weighted by molar-refractivity contribution is 7.89. The molecule has 0 bridgehead atoms. The molecular weight excluding hydrogens is 430 g/mol. The number of sulfonamides is 1. The van der Waals surface area contributed by atoms with Gasteiger partial charge in [0, 0.05) is 12.5 Å². The molecule has 1 unspecified atom stereocenters. The molecule has 1 saturated carbocycles. The largest absolute Gasteiger partial charge is 0.467 e. The van der Waals surface area contributed by atoms with E-state index in [1.807, 2.05) is 6.92 Å². The molecule has 174 valence electrons. The summed E-state index contributed by atoms with van der Waals surface area (Å²) in [6, 6.07) is 9.62. The van der Waals surface area contributed by atoms with Crippen molar-refractivity contribution in [2.75, 3.05) is 6.54 Å². The van der Waals surface area contributed by atoms with Crippen LogP contribution in [0.3, 0.4) is 0 Å². The number of furan rings is 1. The minimum Gasteiger partial charge on any atom is -0.467 e. The van der Waals surface area contributed by atoms with Gasteiger partial charge in [0.15, 0.2) is 0 Å². The Morgan fingerprint density at radius 2 is 1.78 bits per heavy atom. The van der Waals surface area contributed by atoms with E-state index in [9.17, 15) is 18.0 Å². The number of hydrogen-bond donors (Lipinski definition) is 3. The van der Waals surface area contributed by atoms with Crippen LogP contribution in [0, 0.1) is 18.8 Å². The summed E-state index contributed by atoms with van der Waals surface area (Å²) in [5, 5.41) is 5.52. The second kappa shape index (κ2) is 10.8. The number of carbonyl (C=O) groups is 2. The Hall–Kier alpha value is -2.65. The molecule has 9 heteroatoms. The van der Waals surface area contributed by atoms with Crippen molar-refractivity contribution < 1.29 is 22.4 Å². The zero-order valence-electron chi connectivity index (χ0n) is 18.5. The third-order valence-corrected chi connectivity index (χ3v) is 7.32. The van der Waals surface area contributed by atoms with Gasteiger partial charge in [0.2, 0.25) is 21.8 Å². The van der Waals surface area contributed by atoms with E-state index in [0.29, 0.717) is 25.1 Å². The first-order valence-electron chi connectivity index (χ1n) is 10.9. The van der Waals surface area contributed by atoms with Gasteiger partial charge in [-0.3, -0.25) is 9.59 Å². The van der Waals surface area contributed by atoms with Crippen LogP contribution in [0.2, 0.25) is 0 Å². The summed E-state index contributed by atoms with van der Waals surface area (Å²) in [7, 11) is -3.53. The summed E-state index contributed by atoms with van der Waals surface area (Å²) in [5.74, 6) is 0.264. The Morgan fingerprint density at radius 3 is 2.41 bits per heavy atom. The molecule has 1 aromatic heterocycles. The van der Waals surface area contributed by atoms with Crippen molar-refractivity contribution in [3.05, 3.63) is 54.0 Å². The highest BCUT2D eigenvalue weighted by Gasteiger charge is 2.29. The molecule has 2 amide bonds. The van der Waals surface area contributed by atoms with Crippen LogP contribution in [0.4, 0.5) is 0 Å². The molecule has 32 heavy (non-hydrogen) atoms. The maximum Gasteiger partial charge on any atom is 0.242 e. The Bertz CT molecular complexity index is 995. The van der Waals surface area contributed by atoms with Crippen LogP contribution >= 0.6 is 0 Å². The number of aryl methyl sites for hydroxylation is 1. The van der Waals surface area contributed by atoms with Crippen molar-refractivity contribution in [3.63, 3.8) is 0 Å². The first kappa shape index (κ1) is 24.0. The molecule has 1 atom stereocenters. The van der Waals surface area contributed by atoms with E-state index in [0.717, 1.165) is 18.4 Å². The summed E-state index contributed by atoms with van der Waals surface area (Å²) in [6.07, 6.45) is 4.39. The Labute approximate surface area is 189 Å². The van der Waals surface area contributed by atoms with E-state index >= 15 is 0 Å². The normalized spacial score (nSPS) is 19.8.